The molecule has 0 spiro atoms. The van der Waals surface area contributed by atoms with Crippen molar-refractivity contribution < 1.29 is 84.4 Å². The van der Waals surface area contributed by atoms with E-state index in [0.717, 1.165) is 125 Å². The van der Waals surface area contributed by atoms with Crippen LogP contribution in [0.4, 0.5) is 0 Å². The lowest BCUT2D eigenvalue weighted by molar-refractivity contribution is -0.217. The normalized spacial score (nSPS) is 41.2. The third-order valence-electron chi connectivity index (χ3n) is 25.2. The molecule has 0 aromatic heterocycles. The van der Waals surface area contributed by atoms with E-state index in [1.807, 2.05) is 6.07 Å². The van der Waals surface area contributed by atoms with Gasteiger partial charge in [0.15, 0.2) is 4.75 Å². The van der Waals surface area contributed by atoms with Crippen LogP contribution in [0.5, 0.6) is 0 Å². The Morgan fingerprint density at radius 1 is 0.490 bits per heavy atom. The second-order valence-corrected chi connectivity index (χ2v) is 35.3. The van der Waals surface area contributed by atoms with Crippen LogP contribution in [0.2, 0.25) is 0 Å². The van der Waals surface area contributed by atoms with Gasteiger partial charge in [0.1, 0.15) is 47.8 Å². The minimum absolute atomic E-state index is 0.0206. The van der Waals surface area contributed by atoms with Crippen molar-refractivity contribution >= 4 is 51.9 Å². The molecule has 20 heteroatoms. The predicted molar refractivity (Wildman–Crippen MR) is 361 cm³/mol. The fourth-order valence-corrected chi connectivity index (χ4v) is 23.8. The third kappa shape index (κ3) is 15.5. The highest BCUT2D eigenvalue weighted by Crippen LogP contribution is 2.63. The fourth-order valence-electron chi connectivity index (χ4n) is 21.9. The van der Waals surface area contributed by atoms with E-state index in [9.17, 15) is 52.3 Å². The lowest BCUT2D eigenvalue weighted by atomic mass is 9.52. The van der Waals surface area contributed by atoms with E-state index in [4.69, 9.17) is 37.3 Å². The molecule has 16 aliphatic carbocycles. The quantitative estimate of drug-likeness (QED) is 0.0823. The molecule has 19 aliphatic rings. The minimum atomic E-state index is -3.91. The van der Waals surface area contributed by atoms with Crippen LogP contribution in [0.15, 0.2) is 72.9 Å². The Labute approximate surface area is 580 Å². The number of hydrogen-bond donors (Lipinski definition) is 1. The van der Waals surface area contributed by atoms with Gasteiger partial charge in [0.05, 0.1) is 17.6 Å². The van der Waals surface area contributed by atoms with Gasteiger partial charge in [-0.1, -0.05) is 52.3 Å². The summed E-state index contributed by atoms with van der Waals surface area (Å²) in [4.78, 5) is 81.2. The molecular formula is C78H107NO18S. The molecule has 3 heterocycles. The second-order valence-electron chi connectivity index (χ2n) is 33.5. The second kappa shape index (κ2) is 28.8. The number of carbonyl (C=O) groups is 7. The number of aliphatic hydroxyl groups is 1. The zero-order valence-corrected chi connectivity index (χ0v) is 59.6. The molecule has 3 saturated heterocycles. The van der Waals surface area contributed by atoms with Gasteiger partial charge in [-0.2, -0.15) is 13.7 Å². The van der Waals surface area contributed by atoms with Gasteiger partial charge >= 0.3 is 41.8 Å². The first-order valence-corrected chi connectivity index (χ1v) is 38.1. The van der Waals surface area contributed by atoms with E-state index in [1.54, 1.807) is 34.6 Å². The van der Waals surface area contributed by atoms with Crippen LogP contribution in [0.3, 0.4) is 0 Å². The van der Waals surface area contributed by atoms with Crippen molar-refractivity contribution in [1.29, 1.82) is 5.26 Å². The van der Waals surface area contributed by atoms with Crippen molar-refractivity contribution in [2.45, 2.75) is 279 Å². The average Bonchev–Trinajstić information content (AvgIpc) is 1.51. The summed E-state index contributed by atoms with van der Waals surface area (Å²) in [7, 11) is -3.91. The van der Waals surface area contributed by atoms with Gasteiger partial charge in [-0.15, -0.1) is 0 Å². The van der Waals surface area contributed by atoms with E-state index in [0.29, 0.717) is 64.4 Å². The van der Waals surface area contributed by atoms with Crippen LogP contribution >= 0.6 is 0 Å². The molecule has 3 aliphatic heterocycles. The molecule has 0 amide bonds. The van der Waals surface area contributed by atoms with Crippen LogP contribution in [0.25, 0.3) is 0 Å². The molecule has 19 rings (SSSR count). The van der Waals surface area contributed by atoms with E-state index >= 15 is 0 Å². The Morgan fingerprint density at radius 3 is 1.55 bits per heavy atom. The van der Waals surface area contributed by atoms with Gasteiger partial charge in [0, 0.05) is 57.6 Å². The molecule has 16 bridgehead atoms. The Kier molecular flexibility index (Phi) is 21.6. The lowest BCUT2D eigenvalue weighted by Crippen LogP contribution is -2.60. The summed E-state index contributed by atoms with van der Waals surface area (Å²) in [6.07, 6.45) is 28.2. The van der Waals surface area contributed by atoms with E-state index in [-0.39, 0.29) is 95.6 Å². The standard InChI is InChI=1S/C14H18O4.C14H20O3.2C14H20O2.C12H13NO5S.C10H16O2/c1-7(2)13(15)18-12-9-3-8-4-10(6-9)14(16)17-11(12)5-8;1-9(2)12(15)17-14-6-10-3-11(7-14)5-13(16,4-10)8-14;1-9(2)13(15)16-14-6-10-3-11(7-14)5-12(4-10)8-14;1-8(2)14(15)16-13-7-9-6-12(13)11-5-3-4-10(9)11;1-6(2)11(14)17-9-7-3-8-10(9)18-19(15,16)12(8,4-7)5-13;1-8(2)10(11)12-9-6-4-3-5-7-9/h8-12H,1,3-6H2,2H3;10-11,16H,1,3-8H2,2H3;10-12H,1,3-8H2,2H3;9-13H,1,3-7H2,2H3;7-10H,1,3-4H2,2H3;9H,1,3-7H2,2H3. The van der Waals surface area contributed by atoms with Crippen LogP contribution < -0.4 is 0 Å². The zero-order valence-electron chi connectivity index (χ0n) is 58.8. The van der Waals surface area contributed by atoms with Crippen LogP contribution in [-0.4, -0.2) is 113 Å². The van der Waals surface area contributed by atoms with Crippen LogP contribution in [-0.2, 0) is 81.0 Å². The highest BCUT2D eigenvalue weighted by molar-refractivity contribution is 7.88. The fraction of sp³-hybridized carbons (Fsp3) is 0.744. The van der Waals surface area contributed by atoms with Gasteiger partial charge < -0.3 is 38.3 Å². The summed E-state index contributed by atoms with van der Waals surface area (Å²) in [5, 5.41) is 19.7. The maximum absolute atomic E-state index is 12.0. The van der Waals surface area contributed by atoms with Crippen molar-refractivity contribution in [3.05, 3.63) is 72.9 Å². The topological polar surface area (TPSA) is 271 Å². The number of hydrogen-bond acceptors (Lipinski definition) is 19. The maximum atomic E-state index is 12.0. The maximum Gasteiger partial charge on any atom is 0.333 e. The number of rotatable bonds is 12. The van der Waals surface area contributed by atoms with Crippen molar-refractivity contribution in [2.24, 2.45) is 82.9 Å². The highest BCUT2D eigenvalue weighted by atomic mass is 32.2. The average molecular weight is 1380 g/mol. The Morgan fingerprint density at radius 2 is 1.00 bits per heavy atom. The highest BCUT2D eigenvalue weighted by Gasteiger charge is 2.75. The molecule has 538 valence electrons. The summed E-state index contributed by atoms with van der Waals surface area (Å²) < 4.78 is 66.1. The Bertz CT molecular complexity index is 3340. The van der Waals surface area contributed by atoms with Gasteiger partial charge in [-0.3, -0.25) is 8.98 Å². The smallest absolute Gasteiger partial charge is 0.333 e. The largest absolute Gasteiger partial charge is 0.459 e. The molecule has 16 saturated carbocycles. The first kappa shape index (κ1) is 73.3. The first-order chi connectivity index (χ1) is 46.2. The molecular weight excluding hydrogens is 1270 g/mol. The summed E-state index contributed by atoms with van der Waals surface area (Å²) in [5.41, 5.74) is 1.61. The van der Waals surface area contributed by atoms with Crippen molar-refractivity contribution in [3.8, 4) is 6.07 Å². The van der Waals surface area contributed by atoms with Gasteiger partial charge in [0.25, 0.3) is 10.1 Å². The van der Waals surface area contributed by atoms with Crippen molar-refractivity contribution in [1.82, 2.24) is 0 Å². The number of nitriles is 1. The summed E-state index contributed by atoms with van der Waals surface area (Å²) >= 11 is 0. The van der Waals surface area contributed by atoms with Gasteiger partial charge in [-0.25, -0.2) is 28.8 Å². The molecule has 19 nitrogen and oxygen atoms in total. The SMILES string of the molecule is C=C(C)C(=O)OC12CC3CC(CC(C3)C1)C2.C=C(C)C(=O)OC12CC3CC(CC(O)(C3)C1)C2.C=C(C)C(=O)OC1C2CC3C1OS(=O)(=O)C3(C#N)C2.C=C(C)C(=O)OC1C2CC3CC(C2)C(=O)OC1C3.C=C(C)C(=O)OC1CC2CC1C1CCCC21.C=C(C)C(=O)OC1CCCCC1. The van der Waals surface area contributed by atoms with Crippen molar-refractivity contribution in [2.75, 3.05) is 0 Å². The van der Waals surface area contributed by atoms with E-state index < -0.39 is 50.2 Å². The third-order valence-corrected chi connectivity index (χ3v) is 27.2. The molecule has 17 unspecified atom stereocenters. The molecule has 0 radical (unpaired) electrons. The van der Waals surface area contributed by atoms with Gasteiger partial charge in [-0.05, 0) is 261 Å². The van der Waals surface area contributed by atoms with E-state index in [2.05, 4.69) is 39.5 Å². The molecule has 1 N–H and O–H groups in total. The first-order valence-electron chi connectivity index (χ1n) is 36.7. The minimum Gasteiger partial charge on any atom is -0.459 e. The van der Waals surface area contributed by atoms with E-state index in [1.165, 1.54) is 77.6 Å². The predicted octanol–water partition coefficient (Wildman–Crippen LogP) is 13.0. The summed E-state index contributed by atoms with van der Waals surface area (Å²) in [6, 6.07) is 1.92. The Hall–Kier alpha value is -5.91. The van der Waals surface area contributed by atoms with Gasteiger partial charge in [0.2, 0.25) is 0 Å². The number of ether oxygens (including phenoxy) is 7. The van der Waals surface area contributed by atoms with Crippen LogP contribution in [0, 0.1) is 94.2 Å². The van der Waals surface area contributed by atoms with Crippen LogP contribution in [0.1, 0.15) is 221 Å². The van der Waals surface area contributed by atoms with Crippen molar-refractivity contribution in [3.63, 3.8) is 0 Å². The molecule has 98 heavy (non-hydrogen) atoms. The Balaban J connectivity index is 0.000000120. The number of nitrogens with zero attached hydrogens (tertiary/aromatic N) is 1. The molecule has 17 atom stereocenters. The zero-order chi connectivity index (χ0) is 70.7. The molecule has 0 aromatic carbocycles. The molecule has 0 aromatic rings. The number of esters is 7. The monoisotopic (exact) mass is 1380 g/mol. The lowest BCUT2D eigenvalue weighted by Gasteiger charge is -2.59. The number of fused-ring (bicyclic) bond motifs is 7. The number of carbonyl (C=O) groups excluding carboxylic acids is 7. The summed E-state index contributed by atoms with van der Waals surface area (Å²) in [5.74, 6) is 5.32. The molecule has 19 fully saturated rings. The summed E-state index contributed by atoms with van der Waals surface area (Å²) in [6.45, 7) is 31.6.